The Balaban J connectivity index is 1.28. The molecule has 6 atom stereocenters. The first-order chi connectivity index (χ1) is 32.8. The third-order valence-electron chi connectivity index (χ3n) is 16.0. The van der Waals surface area contributed by atoms with E-state index in [1.165, 1.54) is 79.2 Å². The lowest BCUT2D eigenvalue weighted by atomic mass is 9.57. The second-order valence-electron chi connectivity index (χ2n) is 20.3. The smallest absolute Gasteiger partial charge is 0.0461 e. The summed E-state index contributed by atoms with van der Waals surface area (Å²) in [5.74, 6) is 1.72. The molecule has 1 aromatic rings. The van der Waals surface area contributed by atoms with Crippen molar-refractivity contribution in [1.82, 2.24) is 0 Å². The van der Waals surface area contributed by atoms with Crippen LogP contribution in [0.2, 0.25) is 0 Å². The highest BCUT2D eigenvalue weighted by Gasteiger charge is 2.54. The fourth-order valence-electron chi connectivity index (χ4n) is 12.1. The van der Waals surface area contributed by atoms with Crippen molar-refractivity contribution in [2.24, 2.45) is 29.1 Å². The number of hydrogen-bond donors (Lipinski definition) is 0. The van der Waals surface area contributed by atoms with E-state index >= 15 is 0 Å². The van der Waals surface area contributed by atoms with E-state index < -0.39 is 0 Å². The number of fused-ring (bicyclic) bond motifs is 2. The zero-order chi connectivity index (χ0) is 46.4. The first-order valence-electron chi connectivity index (χ1n) is 25.6. The number of nitrogens with zero attached hydrogens (tertiary/aromatic N) is 1. The van der Waals surface area contributed by atoms with Crippen LogP contribution >= 0.6 is 0 Å². The molecule has 342 valence electrons. The van der Waals surface area contributed by atoms with Crippen molar-refractivity contribution in [3.63, 3.8) is 0 Å². The van der Waals surface area contributed by atoms with Crippen LogP contribution in [0.3, 0.4) is 0 Å². The summed E-state index contributed by atoms with van der Waals surface area (Å²) in [6.07, 6.45) is 75.6. The Morgan fingerprint density at radius 3 is 2.45 bits per heavy atom. The fraction of sp³-hybridized carbons (Fsp3) is 0.333. The summed E-state index contributed by atoms with van der Waals surface area (Å²) in [5, 5.41) is 0. The SMILES string of the molecule is C=C\C=C/C(C)=C(C)/C1=C(\C)Cc2ccc(N(C3=CC4CC4(C4=CCC=C4)C=C3)/C3=C/C=C(/C4=CC=CC(C)C4)C/C=C\C/C=C\C3)cc2C(C2=CCCC=C2)(C2C=CC=CC2CC)C/C=C\1. The lowest BCUT2D eigenvalue weighted by Gasteiger charge is -2.46. The highest BCUT2D eigenvalue weighted by atomic mass is 15.2. The molecule has 9 rings (SSSR count). The average molecular weight is 880 g/mol. The van der Waals surface area contributed by atoms with Crippen molar-refractivity contribution in [3.8, 4) is 0 Å². The molecule has 0 heterocycles. The molecule has 1 saturated carbocycles. The van der Waals surface area contributed by atoms with Crippen LogP contribution < -0.4 is 4.90 Å². The van der Waals surface area contributed by atoms with E-state index in [0.717, 1.165) is 64.2 Å². The van der Waals surface area contributed by atoms with Gasteiger partial charge in [-0.1, -0.05) is 184 Å². The van der Waals surface area contributed by atoms with E-state index in [1.54, 1.807) is 0 Å². The molecule has 8 aliphatic carbocycles. The van der Waals surface area contributed by atoms with Gasteiger partial charge in [0.05, 0.1) is 0 Å². The van der Waals surface area contributed by atoms with Gasteiger partial charge in [0.1, 0.15) is 0 Å². The molecule has 1 nitrogen and oxygen atoms in total. The fourth-order valence-corrected chi connectivity index (χ4v) is 12.1. The van der Waals surface area contributed by atoms with E-state index in [1.807, 2.05) is 6.08 Å². The molecule has 0 spiro atoms. The van der Waals surface area contributed by atoms with Crippen LogP contribution in [0.1, 0.15) is 110 Å². The Morgan fingerprint density at radius 2 is 1.67 bits per heavy atom. The van der Waals surface area contributed by atoms with E-state index in [9.17, 15) is 0 Å². The summed E-state index contributed by atoms with van der Waals surface area (Å²) in [5.41, 5.74) is 17.8. The van der Waals surface area contributed by atoms with Crippen LogP contribution in [0.25, 0.3) is 0 Å². The number of benzene rings is 1. The lowest BCUT2D eigenvalue weighted by Crippen LogP contribution is -2.41. The normalized spacial score (nSPS) is 33.4. The molecule has 0 N–H and O–H groups in total. The van der Waals surface area contributed by atoms with Crippen LogP contribution in [0.15, 0.2) is 245 Å². The third-order valence-corrected chi connectivity index (χ3v) is 16.0. The van der Waals surface area contributed by atoms with Crippen molar-refractivity contribution in [2.45, 2.75) is 111 Å². The maximum absolute atomic E-state index is 3.96. The number of rotatable bonds is 11. The molecule has 0 bridgehead atoms. The standard InChI is InChI=1S/C66H73N/c1-7-9-25-49(4)51(6)62-34-23-41-66(57-31-15-13-16-32-57,63-35-21-18-26-52(63)8-2)64-46-60(39-37-55(64)44-50(62)5)67(61-40-42-65(47-58(65)45-61)56-29-19-20-30-56)59-33-17-12-10-11-14-27-53(36-38-59)54-28-22-24-48(3)43-54/h7,9,11-12,14-15,17-19,21-26,28-32,34-40,42,45-46,48,52,58,63H,1,8,10,13,16,20,27,33,41,43-44,47H2,2-6H3/b14-11-,17-12-,25-9-,34-23-,51-49+,53-36+,59-38+,62-50+. The Morgan fingerprint density at radius 1 is 0.821 bits per heavy atom. The quantitative estimate of drug-likeness (QED) is 0.158. The summed E-state index contributed by atoms with van der Waals surface area (Å²) in [6, 6.07) is 7.65. The molecular weight excluding hydrogens is 807 g/mol. The molecule has 0 saturated heterocycles. The maximum Gasteiger partial charge on any atom is 0.0461 e. The summed E-state index contributed by atoms with van der Waals surface area (Å²) >= 11 is 0. The van der Waals surface area contributed by atoms with Gasteiger partial charge in [-0.3, -0.25) is 0 Å². The summed E-state index contributed by atoms with van der Waals surface area (Å²) < 4.78 is 0. The second-order valence-corrected chi connectivity index (χ2v) is 20.3. The van der Waals surface area contributed by atoms with Crippen molar-refractivity contribution in [2.75, 3.05) is 4.90 Å². The topological polar surface area (TPSA) is 3.24 Å². The monoisotopic (exact) mass is 880 g/mol. The Hall–Kier alpha value is -5.92. The molecule has 1 aromatic carbocycles. The number of anilines is 1. The molecule has 0 amide bonds. The van der Waals surface area contributed by atoms with Crippen LogP contribution in [0.5, 0.6) is 0 Å². The maximum atomic E-state index is 3.96. The molecule has 1 heteroatoms. The van der Waals surface area contributed by atoms with E-state index in [4.69, 9.17) is 0 Å². The van der Waals surface area contributed by atoms with Crippen molar-refractivity contribution in [1.29, 1.82) is 0 Å². The Kier molecular flexibility index (Phi) is 14.2. The second kappa shape index (κ2) is 20.5. The summed E-state index contributed by atoms with van der Waals surface area (Å²) in [6.45, 7) is 15.6. The first-order valence-corrected chi connectivity index (χ1v) is 25.6. The van der Waals surface area contributed by atoms with Gasteiger partial charge in [-0.05, 0) is 183 Å². The summed E-state index contributed by atoms with van der Waals surface area (Å²) in [7, 11) is 0. The summed E-state index contributed by atoms with van der Waals surface area (Å²) in [4.78, 5) is 2.65. The molecule has 6 unspecified atom stereocenters. The Labute approximate surface area is 404 Å². The van der Waals surface area contributed by atoms with Gasteiger partial charge in [-0.25, -0.2) is 0 Å². The highest BCUT2D eigenvalue weighted by molar-refractivity contribution is 5.68. The number of hydrogen-bond acceptors (Lipinski definition) is 1. The van der Waals surface area contributed by atoms with Crippen molar-refractivity contribution >= 4 is 5.69 Å². The highest BCUT2D eigenvalue weighted by Crippen LogP contribution is 2.63. The predicted molar refractivity (Wildman–Crippen MR) is 289 cm³/mol. The Bertz CT molecular complexity index is 2700. The molecule has 0 aliphatic heterocycles. The van der Waals surface area contributed by atoms with Crippen LogP contribution in [-0.4, -0.2) is 0 Å². The van der Waals surface area contributed by atoms with Crippen LogP contribution in [0.4, 0.5) is 5.69 Å². The average Bonchev–Trinajstić information content (AvgIpc) is 3.82. The largest absolute Gasteiger partial charge is 0.314 e. The molecule has 0 radical (unpaired) electrons. The van der Waals surface area contributed by atoms with Crippen molar-refractivity contribution in [3.05, 3.63) is 256 Å². The zero-order valence-corrected chi connectivity index (χ0v) is 41.1. The van der Waals surface area contributed by atoms with E-state index in [0.29, 0.717) is 17.8 Å². The predicted octanol–water partition coefficient (Wildman–Crippen LogP) is 17.6. The molecular formula is C66H73N. The minimum Gasteiger partial charge on any atom is -0.314 e. The number of allylic oxidation sites excluding steroid dienone is 35. The minimum absolute atomic E-state index is 0.136. The minimum atomic E-state index is -0.292. The van der Waals surface area contributed by atoms with Gasteiger partial charge in [-0.2, -0.15) is 0 Å². The molecule has 0 aromatic heterocycles. The van der Waals surface area contributed by atoms with Gasteiger partial charge in [0.25, 0.3) is 0 Å². The molecule has 8 aliphatic rings. The molecule has 1 fully saturated rings. The molecule has 67 heavy (non-hydrogen) atoms. The van der Waals surface area contributed by atoms with E-state index in [2.05, 4.69) is 222 Å². The first kappa shape index (κ1) is 46.2. The van der Waals surface area contributed by atoms with Crippen LogP contribution in [-0.2, 0) is 11.8 Å². The lowest BCUT2D eigenvalue weighted by molar-refractivity contribution is 0.296. The van der Waals surface area contributed by atoms with Gasteiger partial charge in [0.15, 0.2) is 0 Å². The van der Waals surface area contributed by atoms with Gasteiger partial charge >= 0.3 is 0 Å². The van der Waals surface area contributed by atoms with Gasteiger partial charge in [0.2, 0.25) is 0 Å². The third kappa shape index (κ3) is 9.50. The zero-order valence-electron chi connectivity index (χ0n) is 41.1. The van der Waals surface area contributed by atoms with Gasteiger partial charge < -0.3 is 4.90 Å². The van der Waals surface area contributed by atoms with E-state index in [-0.39, 0.29) is 16.7 Å². The van der Waals surface area contributed by atoms with Crippen molar-refractivity contribution < 1.29 is 0 Å². The van der Waals surface area contributed by atoms with Crippen LogP contribution in [0, 0.1) is 29.1 Å². The van der Waals surface area contributed by atoms with Gasteiger partial charge in [0, 0.05) is 34.3 Å². The van der Waals surface area contributed by atoms with Gasteiger partial charge in [-0.15, -0.1) is 0 Å².